The lowest BCUT2D eigenvalue weighted by atomic mass is 10.1. The molecule has 0 radical (unpaired) electrons. The molecular formula is C9H13NOS. The van der Waals surface area contributed by atoms with Crippen molar-refractivity contribution in [2.45, 2.75) is 31.8 Å². The lowest BCUT2D eigenvalue weighted by Crippen LogP contribution is -2.09. The fraction of sp³-hybridized carbons (Fsp3) is 0.667. The fourth-order valence-corrected chi connectivity index (χ4v) is 1.99. The van der Waals surface area contributed by atoms with Crippen molar-refractivity contribution in [2.75, 3.05) is 0 Å². The molecule has 1 atom stereocenters. The molecular weight excluding hydrogens is 170 g/mol. The highest BCUT2D eigenvalue weighted by Gasteiger charge is 2.29. The number of aliphatic hydroxyl groups excluding tert-OH is 1. The smallest absolute Gasteiger partial charge is 0.0794 e. The average molecular weight is 183 g/mol. The lowest BCUT2D eigenvalue weighted by Gasteiger charge is -2.06. The first-order valence-corrected chi connectivity index (χ1v) is 5.29. The minimum Gasteiger partial charge on any atom is -0.393 e. The van der Waals surface area contributed by atoms with Gasteiger partial charge < -0.3 is 5.11 Å². The summed E-state index contributed by atoms with van der Waals surface area (Å²) in [6.07, 6.45) is 6.18. The van der Waals surface area contributed by atoms with Gasteiger partial charge in [0.2, 0.25) is 0 Å². The maximum absolute atomic E-state index is 9.57. The molecule has 1 aromatic heterocycles. The summed E-state index contributed by atoms with van der Waals surface area (Å²) in [6.45, 7) is 0. The van der Waals surface area contributed by atoms with Crippen molar-refractivity contribution in [1.29, 1.82) is 0 Å². The molecule has 1 heterocycles. The van der Waals surface area contributed by atoms with Crippen molar-refractivity contribution in [1.82, 2.24) is 4.98 Å². The Hall–Kier alpha value is -0.410. The molecule has 0 spiro atoms. The van der Waals surface area contributed by atoms with Gasteiger partial charge in [-0.3, -0.25) is 4.98 Å². The highest BCUT2D eigenvalue weighted by Crippen LogP contribution is 2.34. The van der Waals surface area contributed by atoms with Crippen molar-refractivity contribution in [3.05, 3.63) is 16.6 Å². The topological polar surface area (TPSA) is 33.1 Å². The Morgan fingerprint density at radius 1 is 1.67 bits per heavy atom. The lowest BCUT2D eigenvalue weighted by molar-refractivity contribution is 0.142. The summed E-state index contributed by atoms with van der Waals surface area (Å²) in [5, 5.41) is 9.57. The Morgan fingerprint density at radius 3 is 3.08 bits per heavy atom. The molecule has 1 saturated carbocycles. The minimum absolute atomic E-state index is 0.0629. The van der Waals surface area contributed by atoms with E-state index in [0.717, 1.165) is 12.8 Å². The van der Waals surface area contributed by atoms with E-state index >= 15 is 0 Å². The van der Waals surface area contributed by atoms with E-state index in [1.54, 1.807) is 11.3 Å². The van der Waals surface area contributed by atoms with Gasteiger partial charge in [0.25, 0.3) is 0 Å². The Balaban J connectivity index is 1.74. The zero-order valence-corrected chi connectivity index (χ0v) is 7.76. The van der Waals surface area contributed by atoms with Crippen LogP contribution < -0.4 is 0 Å². The molecule has 66 valence electrons. The van der Waals surface area contributed by atoms with Gasteiger partial charge in [-0.1, -0.05) is 0 Å². The van der Waals surface area contributed by atoms with Crippen LogP contribution in [0, 0.1) is 5.92 Å². The molecule has 0 aromatic carbocycles. The zero-order chi connectivity index (χ0) is 8.39. The van der Waals surface area contributed by atoms with Gasteiger partial charge in [0, 0.05) is 11.1 Å². The number of aliphatic hydroxyl groups is 1. The van der Waals surface area contributed by atoms with Crippen LogP contribution in [0.15, 0.2) is 11.7 Å². The molecule has 1 unspecified atom stereocenters. The third-order valence-electron chi connectivity index (χ3n) is 2.34. The van der Waals surface area contributed by atoms with Crippen molar-refractivity contribution in [3.63, 3.8) is 0 Å². The summed E-state index contributed by atoms with van der Waals surface area (Å²) < 4.78 is 0. The van der Waals surface area contributed by atoms with Gasteiger partial charge in [-0.25, -0.2) is 0 Å². The molecule has 0 amide bonds. The van der Waals surface area contributed by atoms with Crippen LogP contribution in [0.4, 0.5) is 0 Å². The zero-order valence-electron chi connectivity index (χ0n) is 6.94. The third-order valence-corrected chi connectivity index (χ3v) is 3.18. The second-order valence-corrected chi connectivity index (χ2v) is 4.38. The molecule has 3 heteroatoms. The van der Waals surface area contributed by atoms with Crippen LogP contribution in [0.2, 0.25) is 0 Å². The summed E-state index contributed by atoms with van der Waals surface area (Å²) in [4.78, 5) is 5.28. The monoisotopic (exact) mass is 183 g/mol. The second-order valence-electron chi connectivity index (χ2n) is 3.41. The first-order valence-electron chi connectivity index (χ1n) is 4.41. The largest absolute Gasteiger partial charge is 0.393 e. The minimum atomic E-state index is -0.0629. The summed E-state index contributed by atoms with van der Waals surface area (Å²) in [5.41, 5.74) is 1.85. The van der Waals surface area contributed by atoms with Crippen molar-refractivity contribution < 1.29 is 5.11 Å². The van der Waals surface area contributed by atoms with E-state index in [-0.39, 0.29) is 6.10 Å². The van der Waals surface area contributed by atoms with Crippen LogP contribution in [-0.4, -0.2) is 16.2 Å². The van der Waals surface area contributed by atoms with Gasteiger partial charge in [-0.2, -0.15) is 0 Å². The Morgan fingerprint density at radius 2 is 2.50 bits per heavy atom. The van der Waals surface area contributed by atoms with Gasteiger partial charge >= 0.3 is 0 Å². The quantitative estimate of drug-likeness (QED) is 0.772. The predicted octanol–water partition coefficient (Wildman–Crippen LogP) is 1.85. The number of nitrogens with zero attached hydrogens (tertiary/aromatic N) is 1. The van der Waals surface area contributed by atoms with E-state index in [1.165, 1.54) is 17.7 Å². The number of rotatable bonds is 4. The standard InChI is InChI=1S/C9H13NOS/c11-9(7-1-2-7)4-3-8-5-10-6-12-8/h5-7,9,11H,1-4H2. The summed E-state index contributed by atoms with van der Waals surface area (Å²) in [6, 6.07) is 0. The normalized spacial score (nSPS) is 19.4. The van der Waals surface area contributed by atoms with Crippen molar-refractivity contribution in [3.8, 4) is 0 Å². The van der Waals surface area contributed by atoms with Gasteiger partial charge in [-0.15, -0.1) is 11.3 Å². The molecule has 1 aliphatic carbocycles. The van der Waals surface area contributed by atoms with Crippen LogP contribution in [0.25, 0.3) is 0 Å². The number of hydrogen-bond donors (Lipinski definition) is 1. The Kier molecular flexibility index (Phi) is 2.42. The maximum Gasteiger partial charge on any atom is 0.0794 e. The fourth-order valence-electron chi connectivity index (χ4n) is 1.37. The second kappa shape index (κ2) is 3.54. The number of aromatic nitrogens is 1. The average Bonchev–Trinajstić information content (AvgIpc) is 2.80. The molecule has 0 bridgehead atoms. The molecule has 1 aromatic rings. The summed E-state index contributed by atoms with van der Waals surface area (Å²) >= 11 is 1.67. The Bertz CT molecular complexity index is 231. The predicted molar refractivity (Wildman–Crippen MR) is 49.2 cm³/mol. The van der Waals surface area contributed by atoms with E-state index in [9.17, 15) is 5.11 Å². The molecule has 12 heavy (non-hydrogen) atoms. The molecule has 1 aliphatic rings. The summed E-state index contributed by atoms with van der Waals surface area (Å²) in [7, 11) is 0. The highest BCUT2D eigenvalue weighted by molar-refractivity contribution is 7.09. The van der Waals surface area contributed by atoms with Crippen LogP contribution >= 0.6 is 11.3 Å². The van der Waals surface area contributed by atoms with E-state index in [2.05, 4.69) is 4.98 Å². The van der Waals surface area contributed by atoms with E-state index < -0.39 is 0 Å². The van der Waals surface area contributed by atoms with Gasteiger partial charge in [0.05, 0.1) is 11.6 Å². The van der Waals surface area contributed by atoms with Crippen LogP contribution in [-0.2, 0) is 6.42 Å². The molecule has 0 aliphatic heterocycles. The van der Waals surface area contributed by atoms with Gasteiger partial charge in [-0.05, 0) is 31.6 Å². The van der Waals surface area contributed by atoms with Gasteiger partial charge in [0.15, 0.2) is 0 Å². The Labute approximate surface area is 76.3 Å². The van der Waals surface area contributed by atoms with Crippen LogP contribution in [0.1, 0.15) is 24.1 Å². The first kappa shape index (κ1) is 8.20. The van der Waals surface area contributed by atoms with Crippen LogP contribution in [0.5, 0.6) is 0 Å². The maximum atomic E-state index is 9.57. The molecule has 0 saturated heterocycles. The molecule has 2 rings (SSSR count). The van der Waals surface area contributed by atoms with E-state index in [0.29, 0.717) is 5.92 Å². The first-order chi connectivity index (χ1) is 5.86. The van der Waals surface area contributed by atoms with E-state index in [4.69, 9.17) is 0 Å². The number of thiazole rings is 1. The van der Waals surface area contributed by atoms with E-state index in [1.807, 2.05) is 11.7 Å². The van der Waals surface area contributed by atoms with Gasteiger partial charge in [0.1, 0.15) is 0 Å². The summed E-state index contributed by atoms with van der Waals surface area (Å²) in [5.74, 6) is 0.609. The molecule has 2 nitrogen and oxygen atoms in total. The molecule has 1 fully saturated rings. The van der Waals surface area contributed by atoms with Crippen molar-refractivity contribution >= 4 is 11.3 Å². The number of aryl methyl sites for hydroxylation is 1. The van der Waals surface area contributed by atoms with Crippen molar-refractivity contribution in [2.24, 2.45) is 5.92 Å². The SMILES string of the molecule is OC(CCc1cncs1)C1CC1. The number of hydrogen-bond acceptors (Lipinski definition) is 3. The van der Waals surface area contributed by atoms with Crippen LogP contribution in [0.3, 0.4) is 0 Å². The molecule has 1 N–H and O–H groups in total. The third kappa shape index (κ3) is 2.05. The highest BCUT2D eigenvalue weighted by atomic mass is 32.1.